The Hall–Kier alpha value is -0.890. The molecule has 0 heterocycles. The first-order chi connectivity index (χ1) is 7.70. The van der Waals surface area contributed by atoms with Crippen molar-refractivity contribution in [3.8, 4) is 0 Å². The van der Waals surface area contributed by atoms with E-state index < -0.39 is 0 Å². The first kappa shape index (κ1) is 11.6. The van der Waals surface area contributed by atoms with Crippen LogP contribution in [0, 0.1) is 12.7 Å². The second-order valence-electron chi connectivity index (χ2n) is 4.77. The third-order valence-corrected chi connectivity index (χ3v) is 3.58. The fraction of sp³-hybridized carbons (Fsp3) is 0.571. The Kier molecular flexibility index (Phi) is 3.59. The van der Waals surface area contributed by atoms with E-state index in [-0.39, 0.29) is 5.82 Å². The van der Waals surface area contributed by atoms with Crippen LogP contribution in [0.2, 0.25) is 0 Å². The third-order valence-electron chi connectivity index (χ3n) is 3.58. The molecule has 0 saturated heterocycles. The van der Waals surface area contributed by atoms with E-state index in [1.165, 1.54) is 24.8 Å². The number of rotatable bonds is 3. The second-order valence-corrected chi connectivity index (χ2v) is 4.77. The van der Waals surface area contributed by atoms with E-state index in [0.717, 1.165) is 12.1 Å². The number of hydrogen-bond donors (Lipinski definition) is 1. The zero-order valence-electron chi connectivity index (χ0n) is 10.1. The first-order valence-electron chi connectivity index (χ1n) is 6.20. The van der Waals surface area contributed by atoms with Crippen molar-refractivity contribution in [2.24, 2.45) is 0 Å². The van der Waals surface area contributed by atoms with Gasteiger partial charge in [-0.1, -0.05) is 19.1 Å². The van der Waals surface area contributed by atoms with Crippen LogP contribution < -0.4 is 5.32 Å². The Bertz CT molecular complexity index is 362. The monoisotopic (exact) mass is 221 g/mol. The number of benzene rings is 1. The van der Waals surface area contributed by atoms with Crippen molar-refractivity contribution < 1.29 is 4.39 Å². The van der Waals surface area contributed by atoms with Crippen LogP contribution in [-0.2, 0) is 0 Å². The fourth-order valence-corrected chi connectivity index (χ4v) is 2.68. The summed E-state index contributed by atoms with van der Waals surface area (Å²) in [5.41, 5.74) is 2.07. The molecule has 0 amide bonds. The molecule has 0 radical (unpaired) electrons. The normalized spacial score (nSPS) is 24.9. The van der Waals surface area contributed by atoms with Crippen molar-refractivity contribution in [1.29, 1.82) is 0 Å². The van der Waals surface area contributed by atoms with Crippen molar-refractivity contribution in [1.82, 2.24) is 5.32 Å². The first-order valence-corrected chi connectivity index (χ1v) is 6.20. The predicted octanol–water partition coefficient (Wildman–Crippen LogP) is 3.38. The van der Waals surface area contributed by atoms with Crippen molar-refractivity contribution in [2.75, 3.05) is 6.54 Å². The summed E-state index contributed by atoms with van der Waals surface area (Å²) in [6.07, 6.45) is 3.66. The molecule has 1 fully saturated rings. The molecular weight excluding hydrogens is 201 g/mol. The highest BCUT2D eigenvalue weighted by Crippen LogP contribution is 2.34. The molecule has 0 aliphatic heterocycles. The molecule has 2 rings (SSSR count). The summed E-state index contributed by atoms with van der Waals surface area (Å²) in [6, 6.07) is 6.21. The summed E-state index contributed by atoms with van der Waals surface area (Å²) in [6.45, 7) is 5.03. The van der Waals surface area contributed by atoms with Crippen LogP contribution in [0.3, 0.4) is 0 Å². The highest BCUT2D eigenvalue weighted by molar-refractivity contribution is 5.27. The standard InChI is InChI=1S/C14H20FN/c1-3-16-13-6-4-12(9-13)11-5-7-14(15)10(2)8-11/h5,7-8,12-13,16H,3-4,6,9H2,1-2H3. The zero-order chi connectivity index (χ0) is 11.5. The van der Waals surface area contributed by atoms with E-state index in [1.54, 1.807) is 6.07 Å². The van der Waals surface area contributed by atoms with Crippen LogP contribution in [-0.4, -0.2) is 12.6 Å². The summed E-state index contributed by atoms with van der Waals surface area (Å²) in [5, 5.41) is 3.50. The number of nitrogens with one attached hydrogen (secondary N) is 1. The van der Waals surface area contributed by atoms with Crippen LogP contribution in [0.5, 0.6) is 0 Å². The summed E-state index contributed by atoms with van der Waals surface area (Å²) < 4.78 is 13.2. The maximum atomic E-state index is 13.2. The Labute approximate surface area is 97.1 Å². The van der Waals surface area contributed by atoms with E-state index >= 15 is 0 Å². The Morgan fingerprint density at radius 3 is 2.88 bits per heavy atom. The molecule has 0 aromatic heterocycles. The lowest BCUT2D eigenvalue weighted by atomic mass is 9.96. The number of halogens is 1. The lowest BCUT2D eigenvalue weighted by Gasteiger charge is -2.13. The van der Waals surface area contributed by atoms with Crippen LogP contribution >= 0.6 is 0 Å². The Morgan fingerprint density at radius 2 is 2.19 bits per heavy atom. The van der Waals surface area contributed by atoms with Gasteiger partial charge < -0.3 is 5.32 Å². The Balaban J connectivity index is 2.05. The molecule has 16 heavy (non-hydrogen) atoms. The molecule has 88 valence electrons. The van der Waals surface area contributed by atoms with Gasteiger partial charge >= 0.3 is 0 Å². The molecule has 1 aromatic carbocycles. The molecule has 1 aromatic rings. The molecule has 1 nitrogen and oxygen atoms in total. The predicted molar refractivity (Wildman–Crippen MR) is 65.2 cm³/mol. The van der Waals surface area contributed by atoms with Crippen LogP contribution in [0.15, 0.2) is 18.2 Å². The topological polar surface area (TPSA) is 12.0 Å². The number of hydrogen-bond acceptors (Lipinski definition) is 1. The van der Waals surface area contributed by atoms with Gasteiger partial charge in [0.25, 0.3) is 0 Å². The smallest absolute Gasteiger partial charge is 0.126 e. The molecule has 1 aliphatic rings. The molecular formula is C14H20FN. The largest absolute Gasteiger partial charge is 0.314 e. The SMILES string of the molecule is CCNC1CCC(c2ccc(F)c(C)c2)C1. The van der Waals surface area contributed by atoms with Gasteiger partial charge in [0.2, 0.25) is 0 Å². The number of aryl methyl sites for hydroxylation is 1. The summed E-state index contributed by atoms with van der Waals surface area (Å²) in [4.78, 5) is 0. The van der Waals surface area contributed by atoms with Gasteiger partial charge in [0.15, 0.2) is 0 Å². The summed E-state index contributed by atoms with van der Waals surface area (Å²) in [7, 11) is 0. The van der Waals surface area contributed by atoms with Crippen LogP contribution in [0.1, 0.15) is 43.2 Å². The van der Waals surface area contributed by atoms with E-state index in [0.29, 0.717) is 12.0 Å². The maximum Gasteiger partial charge on any atom is 0.126 e. The van der Waals surface area contributed by atoms with Gasteiger partial charge in [0, 0.05) is 6.04 Å². The second kappa shape index (κ2) is 4.96. The van der Waals surface area contributed by atoms with Gasteiger partial charge in [-0.3, -0.25) is 0 Å². The minimum absolute atomic E-state index is 0.0926. The Morgan fingerprint density at radius 1 is 1.38 bits per heavy atom. The van der Waals surface area contributed by atoms with E-state index in [4.69, 9.17) is 0 Å². The van der Waals surface area contributed by atoms with Crippen molar-refractivity contribution in [3.63, 3.8) is 0 Å². The van der Waals surface area contributed by atoms with Crippen molar-refractivity contribution >= 4 is 0 Å². The maximum absolute atomic E-state index is 13.2. The molecule has 2 unspecified atom stereocenters. The van der Waals surface area contributed by atoms with Crippen molar-refractivity contribution in [2.45, 2.75) is 45.1 Å². The van der Waals surface area contributed by atoms with Gasteiger partial charge in [-0.25, -0.2) is 4.39 Å². The highest BCUT2D eigenvalue weighted by atomic mass is 19.1. The summed E-state index contributed by atoms with van der Waals surface area (Å²) in [5.74, 6) is 0.522. The third kappa shape index (κ3) is 2.43. The quantitative estimate of drug-likeness (QED) is 0.825. The van der Waals surface area contributed by atoms with Crippen LogP contribution in [0.4, 0.5) is 4.39 Å². The fourth-order valence-electron chi connectivity index (χ4n) is 2.68. The summed E-state index contributed by atoms with van der Waals surface area (Å²) >= 11 is 0. The molecule has 1 aliphatic carbocycles. The van der Waals surface area contributed by atoms with Crippen molar-refractivity contribution in [3.05, 3.63) is 35.1 Å². The zero-order valence-corrected chi connectivity index (χ0v) is 10.1. The molecule has 0 spiro atoms. The average molecular weight is 221 g/mol. The highest BCUT2D eigenvalue weighted by Gasteiger charge is 2.25. The van der Waals surface area contributed by atoms with Gasteiger partial charge in [-0.15, -0.1) is 0 Å². The molecule has 2 heteroatoms. The molecule has 0 bridgehead atoms. The molecule has 2 atom stereocenters. The lowest BCUT2D eigenvalue weighted by molar-refractivity contribution is 0.534. The minimum Gasteiger partial charge on any atom is -0.314 e. The van der Waals surface area contributed by atoms with Gasteiger partial charge in [-0.05, 0) is 55.8 Å². The van der Waals surface area contributed by atoms with E-state index in [1.807, 2.05) is 19.1 Å². The van der Waals surface area contributed by atoms with E-state index in [9.17, 15) is 4.39 Å². The van der Waals surface area contributed by atoms with Crippen LogP contribution in [0.25, 0.3) is 0 Å². The van der Waals surface area contributed by atoms with Gasteiger partial charge in [-0.2, -0.15) is 0 Å². The van der Waals surface area contributed by atoms with Gasteiger partial charge in [0.05, 0.1) is 0 Å². The minimum atomic E-state index is -0.0926. The molecule has 1 saturated carbocycles. The van der Waals surface area contributed by atoms with E-state index in [2.05, 4.69) is 12.2 Å². The molecule has 1 N–H and O–H groups in total. The average Bonchev–Trinajstić information content (AvgIpc) is 2.71. The van der Waals surface area contributed by atoms with Gasteiger partial charge in [0.1, 0.15) is 5.82 Å². The lowest BCUT2D eigenvalue weighted by Crippen LogP contribution is -2.25.